The number of aliphatic hydroxyl groups excluding tert-OH is 1. The third-order valence-electron chi connectivity index (χ3n) is 2.54. The molecule has 0 aliphatic heterocycles. The number of aliphatic hydroxyl groups is 1. The van der Waals surface area contributed by atoms with E-state index in [1.807, 2.05) is 36.6 Å². The molecule has 2 rings (SSSR count). The van der Waals surface area contributed by atoms with Crippen molar-refractivity contribution in [2.75, 3.05) is 6.61 Å². The number of benzene rings is 1. The summed E-state index contributed by atoms with van der Waals surface area (Å²) in [6.07, 6.45) is 0.340. The minimum absolute atomic E-state index is 0.649. The Labute approximate surface area is 111 Å². The van der Waals surface area contributed by atoms with Crippen LogP contribution in [-0.4, -0.2) is 16.7 Å². The molecule has 0 amide bonds. The number of aromatic nitrogens is 1. The number of nitrogens with zero attached hydrogens (tertiary/aromatic N) is 1. The smallest absolute Gasteiger partial charge is 0.131 e. The molecule has 0 spiro atoms. The third-order valence-corrected chi connectivity index (χ3v) is 3.55. The predicted molar refractivity (Wildman–Crippen MR) is 73.1 cm³/mol. The van der Waals surface area contributed by atoms with Gasteiger partial charge >= 0.3 is 0 Å². The lowest BCUT2D eigenvalue weighted by molar-refractivity contribution is 0.219. The van der Waals surface area contributed by atoms with E-state index in [0.717, 1.165) is 28.4 Å². The third kappa shape index (κ3) is 3.09. The van der Waals surface area contributed by atoms with E-state index >= 15 is 0 Å². The van der Waals surface area contributed by atoms with Crippen LogP contribution in [0.3, 0.4) is 0 Å². The first-order chi connectivity index (χ1) is 8.70. The van der Waals surface area contributed by atoms with Crippen molar-refractivity contribution in [3.8, 4) is 5.75 Å². The number of rotatable bonds is 5. The van der Waals surface area contributed by atoms with Crippen LogP contribution in [0.1, 0.15) is 35.7 Å². The summed E-state index contributed by atoms with van der Waals surface area (Å²) in [4.78, 5) is 4.30. The summed E-state index contributed by atoms with van der Waals surface area (Å²) in [5.74, 6) is 0.836. The van der Waals surface area contributed by atoms with Gasteiger partial charge < -0.3 is 9.84 Å². The zero-order valence-corrected chi connectivity index (χ0v) is 11.4. The van der Waals surface area contributed by atoms with Crippen molar-refractivity contribution in [1.29, 1.82) is 0 Å². The minimum Gasteiger partial charge on any atom is -0.494 e. The van der Waals surface area contributed by atoms with Crippen molar-refractivity contribution in [1.82, 2.24) is 4.98 Å². The zero-order chi connectivity index (χ0) is 13.0. The molecule has 1 atom stereocenters. The zero-order valence-electron chi connectivity index (χ0n) is 10.6. The van der Waals surface area contributed by atoms with Gasteiger partial charge in [-0.1, -0.05) is 19.1 Å². The molecule has 1 aromatic heterocycles. The average molecular weight is 263 g/mol. The largest absolute Gasteiger partial charge is 0.494 e. The predicted octanol–water partition coefficient (Wildman–Crippen LogP) is 3.32. The molecule has 0 saturated carbocycles. The maximum Gasteiger partial charge on any atom is 0.131 e. The van der Waals surface area contributed by atoms with Gasteiger partial charge in [0, 0.05) is 11.1 Å². The molecular formula is C14H17NO2S. The highest BCUT2D eigenvalue weighted by Crippen LogP contribution is 2.26. The van der Waals surface area contributed by atoms with E-state index in [0.29, 0.717) is 6.61 Å². The highest BCUT2D eigenvalue weighted by molar-refractivity contribution is 7.09. The van der Waals surface area contributed by atoms with Crippen LogP contribution < -0.4 is 4.74 Å². The monoisotopic (exact) mass is 263 g/mol. The molecule has 1 N–H and O–H groups in total. The number of thiazole rings is 1. The Balaban J connectivity index is 2.09. The van der Waals surface area contributed by atoms with Crippen LogP contribution in [0.25, 0.3) is 0 Å². The summed E-state index contributed by atoms with van der Waals surface area (Å²) in [6, 6.07) is 7.53. The van der Waals surface area contributed by atoms with Crippen molar-refractivity contribution in [2.24, 2.45) is 0 Å². The van der Waals surface area contributed by atoms with Crippen molar-refractivity contribution in [3.05, 3.63) is 45.9 Å². The number of hydrogen-bond donors (Lipinski definition) is 1. The van der Waals surface area contributed by atoms with E-state index in [-0.39, 0.29) is 0 Å². The van der Waals surface area contributed by atoms with Gasteiger partial charge in [-0.15, -0.1) is 11.3 Å². The molecule has 0 aliphatic carbocycles. The molecule has 1 unspecified atom stereocenters. The van der Waals surface area contributed by atoms with Crippen LogP contribution in [0, 0.1) is 6.92 Å². The van der Waals surface area contributed by atoms with E-state index in [9.17, 15) is 5.11 Å². The Bertz CT molecular complexity index is 493. The second-order valence-corrected chi connectivity index (χ2v) is 5.04. The lowest BCUT2D eigenvalue weighted by Gasteiger charge is -2.09. The molecule has 0 saturated heterocycles. The molecule has 1 heterocycles. The first-order valence-corrected chi connectivity index (χ1v) is 6.91. The summed E-state index contributed by atoms with van der Waals surface area (Å²) in [5, 5.41) is 12.9. The van der Waals surface area contributed by atoms with Crippen molar-refractivity contribution < 1.29 is 9.84 Å². The number of aryl methyl sites for hydroxylation is 1. The van der Waals surface area contributed by atoms with E-state index in [4.69, 9.17) is 4.74 Å². The Morgan fingerprint density at radius 3 is 2.61 bits per heavy atom. The highest BCUT2D eigenvalue weighted by atomic mass is 32.1. The minimum atomic E-state index is -0.649. The molecule has 0 fully saturated rings. The Morgan fingerprint density at radius 2 is 2.06 bits per heavy atom. The van der Waals surface area contributed by atoms with Gasteiger partial charge in [-0.2, -0.15) is 0 Å². The first-order valence-electron chi connectivity index (χ1n) is 6.03. The van der Waals surface area contributed by atoms with Crippen molar-refractivity contribution >= 4 is 11.3 Å². The maximum absolute atomic E-state index is 10.2. The summed E-state index contributed by atoms with van der Waals surface area (Å²) < 4.78 is 5.51. The highest BCUT2D eigenvalue weighted by Gasteiger charge is 2.13. The van der Waals surface area contributed by atoms with Crippen molar-refractivity contribution in [2.45, 2.75) is 26.4 Å². The van der Waals surface area contributed by atoms with Gasteiger partial charge in [0.05, 0.1) is 6.61 Å². The van der Waals surface area contributed by atoms with E-state index in [1.54, 1.807) is 0 Å². The standard InChI is InChI=1S/C14H17NO2S/c1-3-8-17-12-6-4-11(5-7-12)13(16)14-15-10(2)9-18-14/h4-7,9,13,16H,3,8H2,1-2H3. The summed E-state index contributed by atoms with van der Waals surface area (Å²) >= 11 is 1.48. The number of ether oxygens (including phenoxy) is 1. The first kappa shape index (κ1) is 13.1. The van der Waals surface area contributed by atoms with Gasteiger partial charge in [0.2, 0.25) is 0 Å². The van der Waals surface area contributed by atoms with Crippen LogP contribution in [0.5, 0.6) is 5.75 Å². The molecule has 3 nitrogen and oxygen atoms in total. The molecule has 18 heavy (non-hydrogen) atoms. The number of hydrogen-bond acceptors (Lipinski definition) is 4. The Morgan fingerprint density at radius 1 is 1.33 bits per heavy atom. The molecule has 2 aromatic rings. The van der Waals surface area contributed by atoms with Gasteiger partial charge in [-0.05, 0) is 31.0 Å². The van der Waals surface area contributed by atoms with Gasteiger partial charge in [0.1, 0.15) is 16.9 Å². The summed E-state index contributed by atoms with van der Waals surface area (Å²) in [7, 11) is 0. The fourth-order valence-corrected chi connectivity index (χ4v) is 2.41. The molecule has 4 heteroatoms. The molecule has 0 aliphatic rings. The maximum atomic E-state index is 10.2. The molecular weight excluding hydrogens is 246 g/mol. The fourth-order valence-electron chi connectivity index (χ4n) is 1.61. The van der Waals surface area contributed by atoms with Crippen LogP contribution in [-0.2, 0) is 0 Å². The van der Waals surface area contributed by atoms with Crippen LogP contribution >= 0.6 is 11.3 Å². The van der Waals surface area contributed by atoms with E-state index < -0.39 is 6.10 Å². The normalized spacial score (nSPS) is 12.4. The van der Waals surface area contributed by atoms with Gasteiger partial charge in [0.15, 0.2) is 0 Å². The topological polar surface area (TPSA) is 42.4 Å². The van der Waals surface area contributed by atoms with E-state index in [1.165, 1.54) is 11.3 Å². The lowest BCUT2D eigenvalue weighted by atomic mass is 10.1. The Kier molecular flexibility index (Phi) is 4.33. The SMILES string of the molecule is CCCOc1ccc(C(O)c2nc(C)cs2)cc1. The van der Waals surface area contributed by atoms with Gasteiger partial charge in [0.25, 0.3) is 0 Å². The molecule has 0 radical (unpaired) electrons. The van der Waals surface area contributed by atoms with E-state index in [2.05, 4.69) is 11.9 Å². The van der Waals surface area contributed by atoms with Gasteiger partial charge in [-0.25, -0.2) is 4.98 Å². The second kappa shape index (κ2) is 5.98. The quantitative estimate of drug-likeness (QED) is 0.899. The lowest BCUT2D eigenvalue weighted by Crippen LogP contribution is -2.00. The average Bonchev–Trinajstić information content (AvgIpc) is 2.83. The van der Waals surface area contributed by atoms with Crippen LogP contribution in [0.4, 0.5) is 0 Å². The summed E-state index contributed by atoms with van der Waals surface area (Å²) in [6.45, 7) is 4.71. The fraction of sp³-hybridized carbons (Fsp3) is 0.357. The molecule has 96 valence electrons. The van der Waals surface area contributed by atoms with Crippen LogP contribution in [0.15, 0.2) is 29.6 Å². The molecule has 1 aromatic carbocycles. The van der Waals surface area contributed by atoms with Crippen LogP contribution in [0.2, 0.25) is 0 Å². The molecule has 0 bridgehead atoms. The second-order valence-electron chi connectivity index (χ2n) is 4.15. The Hall–Kier alpha value is -1.39. The summed E-state index contributed by atoms with van der Waals surface area (Å²) in [5.41, 5.74) is 1.78. The van der Waals surface area contributed by atoms with Gasteiger partial charge in [-0.3, -0.25) is 0 Å². The van der Waals surface area contributed by atoms with Crippen molar-refractivity contribution in [3.63, 3.8) is 0 Å².